The number of benzene rings is 2. The van der Waals surface area contributed by atoms with E-state index in [4.69, 9.17) is 0 Å². The second-order valence-corrected chi connectivity index (χ2v) is 5.20. The third kappa shape index (κ3) is 13.1. The molecule has 0 atom stereocenters. The van der Waals surface area contributed by atoms with Crippen molar-refractivity contribution in [3.05, 3.63) is 116 Å². The number of hydrogen-bond donors (Lipinski definition) is 0. The fraction of sp³-hybridized carbons (Fsp3) is 0.160. The van der Waals surface area contributed by atoms with Crippen molar-refractivity contribution in [1.29, 1.82) is 0 Å². The summed E-state index contributed by atoms with van der Waals surface area (Å²) in [5.74, 6) is 0.199. The van der Waals surface area contributed by atoms with Gasteiger partial charge in [-0.25, -0.2) is 12.2 Å². The van der Waals surface area contributed by atoms with Crippen molar-refractivity contribution in [3.63, 3.8) is 0 Å². The maximum Gasteiger partial charge on any atom is 4.00 e. The number of hydrogen-bond acceptors (Lipinski definition) is 2. The topological polar surface area (TPSA) is 46.1 Å². The van der Waals surface area contributed by atoms with Gasteiger partial charge in [0.25, 0.3) is 0 Å². The first-order valence-electron chi connectivity index (χ1n) is 8.83. The largest absolute Gasteiger partial charge is 4.00 e. The molecule has 0 aromatic heterocycles. The van der Waals surface area contributed by atoms with E-state index in [0.717, 1.165) is 17.5 Å². The third-order valence-electron chi connectivity index (χ3n) is 3.26. The Morgan fingerprint density at radius 3 is 1.57 bits per heavy atom. The van der Waals surface area contributed by atoms with Gasteiger partial charge >= 0.3 is 26.2 Å². The maximum atomic E-state index is 11.0. The molecule has 0 amide bonds. The van der Waals surface area contributed by atoms with Gasteiger partial charge in [0.1, 0.15) is 0 Å². The standard InChI is InChI=1S/2C9H10O.C5H5.C2H5.Zr/c2*1-2-5-8-6-3-4-7-9(8)10;1-2-4-5-3-1;1-2;/h2*2-4,6-7,10H,1,5H2;1-3H,4H2;1H2,2H3;/q;;2*-1;+4/p-2. The van der Waals surface area contributed by atoms with Gasteiger partial charge in [-0.15, -0.1) is 31.1 Å². The first-order valence-corrected chi connectivity index (χ1v) is 8.83. The molecule has 0 fully saturated rings. The molecule has 0 spiro atoms. The van der Waals surface area contributed by atoms with Gasteiger partial charge in [0, 0.05) is 0 Å². The van der Waals surface area contributed by atoms with Gasteiger partial charge in [-0.05, 0) is 12.8 Å². The summed E-state index contributed by atoms with van der Waals surface area (Å²) >= 11 is 0. The summed E-state index contributed by atoms with van der Waals surface area (Å²) in [6, 6.07) is 14.0. The molecule has 0 saturated carbocycles. The SMILES string of the molecule is C=CCc1ccccc1[O-].C=CCc1ccccc1[O-].[C-]1=CC=CC1.[CH2-]C.[Zr+4]. The van der Waals surface area contributed by atoms with E-state index in [2.05, 4.69) is 32.2 Å². The molecular weight excluding hydrogens is 423 g/mol. The summed E-state index contributed by atoms with van der Waals surface area (Å²) in [7, 11) is 0. The smallest absolute Gasteiger partial charge is 0.872 e. The second kappa shape index (κ2) is 19.6. The van der Waals surface area contributed by atoms with Crippen molar-refractivity contribution >= 4 is 0 Å². The second-order valence-electron chi connectivity index (χ2n) is 5.20. The van der Waals surface area contributed by atoms with Crippen LogP contribution >= 0.6 is 0 Å². The minimum atomic E-state index is 0. The van der Waals surface area contributed by atoms with Gasteiger partial charge in [0.05, 0.1) is 0 Å². The zero-order valence-electron chi connectivity index (χ0n) is 16.6. The van der Waals surface area contributed by atoms with Crippen LogP contribution in [0.2, 0.25) is 0 Å². The predicted molar refractivity (Wildman–Crippen MR) is 112 cm³/mol. The molecule has 2 aromatic rings. The quantitative estimate of drug-likeness (QED) is 0.478. The van der Waals surface area contributed by atoms with Crippen molar-refractivity contribution in [1.82, 2.24) is 0 Å². The van der Waals surface area contributed by atoms with Crippen LogP contribution in [0.3, 0.4) is 0 Å². The van der Waals surface area contributed by atoms with Gasteiger partial charge in [-0.1, -0.05) is 71.8 Å². The van der Waals surface area contributed by atoms with Crippen LogP contribution in [0.15, 0.2) is 92.1 Å². The summed E-state index contributed by atoms with van der Waals surface area (Å²) in [5.41, 5.74) is 1.63. The zero-order chi connectivity index (χ0) is 20.3. The van der Waals surface area contributed by atoms with E-state index in [1.165, 1.54) is 0 Å². The minimum Gasteiger partial charge on any atom is -0.872 e. The van der Waals surface area contributed by atoms with E-state index in [9.17, 15) is 10.2 Å². The van der Waals surface area contributed by atoms with Crippen LogP contribution in [-0.4, -0.2) is 0 Å². The van der Waals surface area contributed by atoms with Crippen LogP contribution in [0.5, 0.6) is 11.5 Å². The average molecular weight is 452 g/mol. The molecule has 0 radical (unpaired) electrons. The van der Waals surface area contributed by atoms with Crippen LogP contribution in [-0.2, 0) is 39.0 Å². The molecule has 1 aliphatic rings. The monoisotopic (exact) mass is 450 g/mol. The molecular formula is C25H28O2Zr. The van der Waals surface area contributed by atoms with Crippen LogP contribution in [0.1, 0.15) is 24.5 Å². The van der Waals surface area contributed by atoms with Crippen molar-refractivity contribution in [2.75, 3.05) is 0 Å². The molecule has 0 N–H and O–H groups in total. The molecule has 0 bridgehead atoms. The summed E-state index contributed by atoms with van der Waals surface area (Å²) < 4.78 is 0. The average Bonchev–Trinajstić information content (AvgIpc) is 3.28. The van der Waals surface area contributed by atoms with E-state index >= 15 is 0 Å². The molecule has 2 nitrogen and oxygen atoms in total. The van der Waals surface area contributed by atoms with Gasteiger partial charge in [0.15, 0.2) is 0 Å². The van der Waals surface area contributed by atoms with Crippen LogP contribution in [0.25, 0.3) is 0 Å². The fourth-order valence-corrected chi connectivity index (χ4v) is 2.00. The minimum absolute atomic E-state index is 0. The summed E-state index contributed by atoms with van der Waals surface area (Å²) in [6.07, 6.45) is 14.8. The Morgan fingerprint density at radius 1 is 0.893 bits per heavy atom. The molecule has 0 heterocycles. The van der Waals surface area contributed by atoms with Gasteiger partial charge in [0.2, 0.25) is 0 Å². The van der Waals surface area contributed by atoms with Crippen molar-refractivity contribution in [3.8, 4) is 11.5 Å². The Balaban J connectivity index is 0. The summed E-state index contributed by atoms with van der Waals surface area (Å²) in [5, 5.41) is 21.9. The summed E-state index contributed by atoms with van der Waals surface area (Å²) in [6.45, 7) is 12.1. The van der Waals surface area contributed by atoms with Crippen molar-refractivity contribution < 1.29 is 36.4 Å². The van der Waals surface area contributed by atoms with E-state index in [-0.39, 0.29) is 37.7 Å². The Labute approximate surface area is 189 Å². The molecule has 3 heteroatoms. The Hall–Kier alpha value is -2.12. The number of allylic oxidation sites excluding steroid dienone is 6. The Kier molecular flexibility index (Phi) is 19.7. The van der Waals surface area contributed by atoms with E-state index in [0.29, 0.717) is 12.8 Å². The molecule has 0 aliphatic heterocycles. The van der Waals surface area contributed by atoms with Gasteiger partial charge in [-0.2, -0.15) is 13.0 Å². The summed E-state index contributed by atoms with van der Waals surface area (Å²) in [4.78, 5) is 0. The fourth-order valence-electron chi connectivity index (χ4n) is 2.00. The zero-order valence-corrected chi connectivity index (χ0v) is 19.0. The van der Waals surface area contributed by atoms with Crippen molar-refractivity contribution in [2.24, 2.45) is 0 Å². The first-order chi connectivity index (χ1) is 13.2. The molecule has 144 valence electrons. The number of rotatable bonds is 4. The molecule has 28 heavy (non-hydrogen) atoms. The molecule has 3 rings (SSSR count). The maximum absolute atomic E-state index is 11.0. The predicted octanol–water partition coefficient (Wildman–Crippen LogP) is 5.12. The first kappa shape index (κ1) is 28.1. The molecule has 2 aromatic carbocycles. The van der Waals surface area contributed by atoms with Gasteiger partial charge < -0.3 is 17.1 Å². The van der Waals surface area contributed by atoms with E-state index in [1.54, 1.807) is 43.3 Å². The molecule has 0 unspecified atom stereocenters. The van der Waals surface area contributed by atoms with Crippen LogP contribution < -0.4 is 10.2 Å². The molecule has 0 saturated heterocycles. The van der Waals surface area contributed by atoms with E-state index in [1.807, 2.05) is 36.4 Å². The van der Waals surface area contributed by atoms with Crippen molar-refractivity contribution in [2.45, 2.75) is 26.2 Å². The van der Waals surface area contributed by atoms with E-state index < -0.39 is 0 Å². The van der Waals surface area contributed by atoms with Crippen LogP contribution in [0, 0.1) is 13.0 Å². The van der Waals surface area contributed by atoms with Gasteiger partial charge in [-0.3, -0.25) is 6.08 Å². The third-order valence-corrected chi connectivity index (χ3v) is 3.26. The number of para-hydroxylation sites is 2. The normalized spacial score (nSPS) is 9.93. The Bertz CT molecular complexity index is 656. The van der Waals surface area contributed by atoms with Crippen LogP contribution in [0.4, 0.5) is 0 Å². The Morgan fingerprint density at radius 2 is 1.32 bits per heavy atom. The molecule has 1 aliphatic carbocycles.